The summed E-state index contributed by atoms with van der Waals surface area (Å²) in [6.07, 6.45) is -1.59. The number of amides is 1. The Bertz CT molecular complexity index is 1300. The summed E-state index contributed by atoms with van der Waals surface area (Å²) in [6.45, 7) is 1.68. The van der Waals surface area contributed by atoms with Gasteiger partial charge in [-0.15, -0.1) is 0 Å². The Morgan fingerprint density at radius 2 is 1.64 bits per heavy atom. The smallest absolute Gasteiger partial charge is 0.822 e. The largest absolute Gasteiger partial charge is 1.00 e. The van der Waals surface area contributed by atoms with Crippen molar-refractivity contribution in [3.8, 4) is 5.75 Å². The van der Waals surface area contributed by atoms with Crippen LogP contribution < -0.4 is 50.0 Å². The summed E-state index contributed by atoms with van der Waals surface area (Å²) < 4.78 is 8.55. The zero-order chi connectivity index (χ0) is 28.4. The van der Waals surface area contributed by atoms with Crippen LogP contribution >= 0.6 is 7.82 Å². The number of phenolic OH excluding ortho intramolecular Hbond substituents is 1. The molecule has 3 aliphatic carbocycles. The molecule has 15 nitrogen and oxygen atoms in total. The van der Waals surface area contributed by atoms with E-state index in [9.17, 15) is 39.9 Å². The van der Waals surface area contributed by atoms with E-state index in [1.807, 2.05) is 0 Å². The number of Topliss-reactive ketones (excluding diaryl/α,β-unsaturated/α-hetero) is 2. The molecule has 39 heavy (non-hydrogen) atoms. The molecule has 17 heteroatoms. The average Bonchev–Trinajstić information content (AvgIpc) is 2.74. The predicted molar refractivity (Wildman–Crippen MR) is 122 cm³/mol. The minimum absolute atomic E-state index is 0. The summed E-state index contributed by atoms with van der Waals surface area (Å²) in [5.41, 5.74) is 1.47. The molecule has 1 fully saturated rings. The number of aromatic hydroxyl groups is 1. The number of phosphoric acid groups is 1. The molecule has 1 aromatic carbocycles. The number of carbonyl (C=O) groups is 3. The molecule has 0 aromatic heterocycles. The van der Waals surface area contributed by atoms with Crippen LogP contribution in [0.5, 0.6) is 5.75 Å². The molecular formula is C22H26N2NaO13P-2. The van der Waals surface area contributed by atoms with Crippen molar-refractivity contribution < 1.29 is 94.2 Å². The number of hydrogen-bond donors (Lipinski definition) is 6. The molecular weight excluding hydrogens is 554 g/mol. The second-order valence-corrected chi connectivity index (χ2v) is 10.1. The van der Waals surface area contributed by atoms with Crippen molar-refractivity contribution in [3.05, 3.63) is 46.2 Å². The van der Waals surface area contributed by atoms with Crippen LogP contribution in [0.4, 0.5) is 0 Å². The van der Waals surface area contributed by atoms with E-state index in [4.69, 9.17) is 25.0 Å². The summed E-state index contributed by atoms with van der Waals surface area (Å²) in [6, 6.07) is 3.13. The van der Waals surface area contributed by atoms with Gasteiger partial charge < -0.3 is 56.0 Å². The maximum Gasteiger partial charge on any atom is 1.00 e. The molecule has 0 unspecified atom stereocenters. The van der Waals surface area contributed by atoms with E-state index in [0.717, 1.165) is 0 Å². The standard InChI is InChI=1S/C22H24N2O8.Na.H3O4P.H2O/c1-7-8-5-4-6-9(25)11(8)16(26)12-10(7)17(27)14-15(24(2)3)18(28)13(21(23)31)20(30)22(14,32)19(12)29;;1-5(2,3)4;/h4-7,10,14-15,17,25-27,30,32H,1-3H3,(H2,23,31);;(H3,1,2,3,4);1H2/q;+1;;/p-3/t7-,10+,14+,15-,17-,22-;;;/m0.../s1. The number of fused-ring (bicyclic) bond motifs is 3. The number of phenols is 1. The van der Waals surface area contributed by atoms with Crippen molar-refractivity contribution in [2.75, 3.05) is 14.1 Å². The van der Waals surface area contributed by atoms with Gasteiger partial charge in [0.25, 0.3) is 5.91 Å². The summed E-state index contributed by atoms with van der Waals surface area (Å²) in [5, 5.41) is 54.9. The Labute approximate surface area is 243 Å². The molecule has 0 saturated heterocycles. The molecule has 0 aliphatic heterocycles. The van der Waals surface area contributed by atoms with Gasteiger partial charge in [-0.1, -0.05) is 19.1 Å². The Morgan fingerprint density at radius 3 is 2.10 bits per heavy atom. The van der Waals surface area contributed by atoms with Gasteiger partial charge in [-0.3, -0.25) is 19.3 Å². The molecule has 4 rings (SSSR count). The number of benzene rings is 1. The predicted octanol–water partition coefficient (Wildman–Crippen LogP) is -7.15. The Kier molecular flexibility index (Phi) is 10.5. The van der Waals surface area contributed by atoms with Gasteiger partial charge in [-0.05, 0) is 31.6 Å². The molecule has 0 heterocycles. The number of likely N-dealkylation sites (N-methyl/N-ethyl adjacent to an activating group) is 1. The van der Waals surface area contributed by atoms with Crippen molar-refractivity contribution in [3.63, 3.8) is 0 Å². The normalized spacial score (nSPS) is 29.7. The number of ketones is 2. The van der Waals surface area contributed by atoms with Gasteiger partial charge in [0.15, 0.2) is 11.4 Å². The number of nitrogens with two attached hydrogens (primary N) is 1. The molecule has 0 bridgehead atoms. The minimum Gasteiger partial charge on any atom is -0.822 e. The summed E-state index contributed by atoms with van der Waals surface area (Å²) >= 11 is 0. The first-order valence-electron chi connectivity index (χ1n) is 10.7. The third-order valence-corrected chi connectivity index (χ3v) is 6.99. The van der Waals surface area contributed by atoms with Crippen LogP contribution in [0.1, 0.15) is 24.0 Å². The number of aliphatic hydroxyl groups is 4. The number of aliphatic hydroxyl groups excluding tert-OH is 3. The maximum absolute atomic E-state index is 13.7. The van der Waals surface area contributed by atoms with Crippen LogP contribution in [-0.2, 0) is 18.9 Å². The van der Waals surface area contributed by atoms with Crippen LogP contribution in [-0.4, -0.2) is 85.2 Å². The molecule has 3 aliphatic rings. The summed E-state index contributed by atoms with van der Waals surface area (Å²) in [7, 11) is -2.47. The van der Waals surface area contributed by atoms with Crippen LogP contribution in [0.25, 0.3) is 5.76 Å². The fourth-order valence-electron chi connectivity index (χ4n) is 5.58. The number of hydrogen-bond acceptors (Lipinski definition) is 13. The third-order valence-electron chi connectivity index (χ3n) is 6.99. The van der Waals surface area contributed by atoms with E-state index in [-0.39, 0.29) is 46.3 Å². The fraction of sp³-hybridized carbons (Fsp3) is 0.409. The third kappa shape index (κ3) is 5.58. The second kappa shape index (κ2) is 11.8. The Balaban J connectivity index is 0.000000998. The molecule has 1 amide bonds. The maximum atomic E-state index is 13.7. The first kappa shape index (κ1) is 34.9. The van der Waals surface area contributed by atoms with E-state index >= 15 is 0 Å². The van der Waals surface area contributed by atoms with E-state index in [1.165, 1.54) is 25.1 Å². The summed E-state index contributed by atoms with van der Waals surface area (Å²) in [4.78, 5) is 65.6. The van der Waals surface area contributed by atoms with Gasteiger partial charge >= 0.3 is 29.6 Å². The SMILES string of the molecule is C[C@H]1c2cccc(O)c2C(O)=C2C(=O)[C@]3(O)C(O)=C(C(N)=O)C(=O)[C@@H](N(C)C)[C@@H]3[C@@H](O)[C@@H]21.O.O=P([O-])([O-])[O-].[Na+]. The van der Waals surface area contributed by atoms with Crippen LogP contribution in [0.3, 0.4) is 0 Å². The zero-order valence-corrected chi connectivity index (χ0v) is 24.1. The van der Waals surface area contributed by atoms with Gasteiger partial charge in [-0.25, -0.2) is 0 Å². The Hall–Kier alpha value is -2.14. The second-order valence-electron chi connectivity index (χ2n) is 9.24. The number of primary amides is 1. The zero-order valence-electron chi connectivity index (χ0n) is 21.2. The molecule has 0 spiro atoms. The Morgan fingerprint density at radius 1 is 1.13 bits per heavy atom. The van der Waals surface area contributed by atoms with Crippen molar-refractivity contribution in [1.82, 2.24) is 4.90 Å². The first-order chi connectivity index (χ1) is 16.9. The quantitative estimate of drug-likeness (QED) is 0.108. The average molecular weight is 580 g/mol. The van der Waals surface area contributed by atoms with Gasteiger partial charge in [-0.2, -0.15) is 7.82 Å². The number of carbonyl (C=O) groups excluding carboxylic acids is 3. The van der Waals surface area contributed by atoms with Crippen LogP contribution in [0, 0.1) is 11.8 Å². The van der Waals surface area contributed by atoms with Gasteiger partial charge in [0, 0.05) is 11.5 Å². The minimum atomic E-state index is -5.39. The molecule has 1 aromatic rings. The van der Waals surface area contributed by atoms with E-state index in [2.05, 4.69) is 0 Å². The van der Waals surface area contributed by atoms with E-state index in [1.54, 1.807) is 19.1 Å². The molecule has 9 N–H and O–H groups in total. The van der Waals surface area contributed by atoms with Gasteiger partial charge in [0.05, 0.1) is 23.6 Å². The molecule has 6 atom stereocenters. The molecule has 210 valence electrons. The van der Waals surface area contributed by atoms with Crippen molar-refractivity contribution >= 4 is 31.1 Å². The van der Waals surface area contributed by atoms with E-state index in [0.29, 0.717) is 5.56 Å². The van der Waals surface area contributed by atoms with Crippen molar-refractivity contribution in [2.24, 2.45) is 17.6 Å². The summed E-state index contributed by atoms with van der Waals surface area (Å²) in [5.74, 6) is -8.87. The number of nitrogens with zero attached hydrogens (tertiary/aromatic N) is 1. The topological polar surface area (TPSA) is 299 Å². The van der Waals surface area contributed by atoms with Crippen molar-refractivity contribution in [2.45, 2.75) is 30.6 Å². The molecule has 0 radical (unpaired) electrons. The molecule has 1 saturated carbocycles. The van der Waals surface area contributed by atoms with Gasteiger partial charge in [0.2, 0.25) is 5.78 Å². The van der Waals surface area contributed by atoms with Crippen LogP contribution in [0.2, 0.25) is 0 Å². The fourth-order valence-corrected chi connectivity index (χ4v) is 5.58. The van der Waals surface area contributed by atoms with E-state index < -0.39 is 83.5 Å². The van der Waals surface area contributed by atoms with Gasteiger partial charge in [0.1, 0.15) is 22.8 Å². The van der Waals surface area contributed by atoms with Crippen molar-refractivity contribution in [1.29, 1.82) is 0 Å². The first-order valence-corrected chi connectivity index (χ1v) is 12.2. The van der Waals surface area contributed by atoms with Crippen LogP contribution in [0.15, 0.2) is 35.1 Å². The monoisotopic (exact) mass is 580 g/mol. The number of rotatable bonds is 2.